The van der Waals surface area contributed by atoms with E-state index in [4.69, 9.17) is 14.6 Å². The zero-order chi connectivity index (χ0) is 13.0. The fourth-order valence-electron chi connectivity index (χ4n) is 1.91. The lowest BCUT2D eigenvalue weighted by Crippen LogP contribution is -2.15. The van der Waals surface area contributed by atoms with Crippen LogP contribution in [0, 0.1) is 5.82 Å². The van der Waals surface area contributed by atoms with E-state index in [2.05, 4.69) is 0 Å². The molecule has 0 spiro atoms. The molecular formula is C13H15FO4. The number of ether oxygens (including phenoxy) is 2. The molecule has 1 aliphatic rings. The molecule has 0 aromatic heterocycles. The van der Waals surface area contributed by atoms with Crippen LogP contribution in [0.3, 0.4) is 0 Å². The van der Waals surface area contributed by atoms with Crippen LogP contribution in [-0.4, -0.2) is 30.1 Å². The summed E-state index contributed by atoms with van der Waals surface area (Å²) in [5.41, 5.74) is 0.805. The maximum Gasteiger partial charge on any atom is 0.303 e. The van der Waals surface area contributed by atoms with E-state index in [1.165, 1.54) is 12.1 Å². The molecular weight excluding hydrogens is 239 g/mol. The van der Waals surface area contributed by atoms with Crippen LogP contribution in [-0.2, 0) is 20.7 Å². The highest BCUT2D eigenvalue weighted by Crippen LogP contribution is 2.19. The number of aliphatic carboxylic acids is 1. The van der Waals surface area contributed by atoms with Crippen molar-refractivity contribution in [3.63, 3.8) is 0 Å². The molecule has 1 aliphatic heterocycles. The van der Waals surface area contributed by atoms with Crippen molar-refractivity contribution in [3.8, 4) is 0 Å². The summed E-state index contributed by atoms with van der Waals surface area (Å²) in [6.45, 7) is 0.396. The third-order valence-electron chi connectivity index (χ3n) is 2.78. The zero-order valence-electron chi connectivity index (χ0n) is 9.84. The Morgan fingerprint density at radius 3 is 3.06 bits per heavy atom. The Morgan fingerprint density at radius 2 is 2.33 bits per heavy atom. The van der Waals surface area contributed by atoms with Gasteiger partial charge >= 0.3 is 5.97 Å². The number of carbonyl (C=O) groups is 1. The zero-order valence-corrected chi connectivity index (χ0v) is 9.84. The lowest BCUT2D eigenvalue weighted by atomic mass is 10.1. The minimum atomic E-state index is -0.841. The van der Waals surface area contributed by atoms with Crippen molar-refractivity contribution in [3.05, 3.63) is 35.6 Å². The summed E-state index contributed by atoms with van der Waals surface area (Å²) in [6, 6.07) is 6.27. The van der Waals surface area contributed by atoms with Crippen molar-refractivity contribution in [2.75, 3.05) is 6.61 Å². The summed E-state index contributed by atoms with van der Waals surface area (Å²) < 4.78 is 23.9. The fraction of sp³-hybridized carbons (Fsp3) is 0.462. The summed E-state index contributed by atoms with van der Waals surface area (Å²) in [5.74, 6) is -1.12. The first kappa shape index (κ1) is 13.0. The Balaban J connectivity index is 1.80. The first-order chi connectivity index (χ1) is 8.63. The van der Waals surface area contributed by atoms with Gasteiger partial charge < -0.3 is 14.6 Å². The average Bonchev–Trinajstić information content (AvgIpc) is 2.74. The number of halogens is 1. The van der Waals surface area contributed by atoms with Gasteiger partial charge in [-0.05, 0) is 24.1 Å². The first-order valence-electron chi connectivity index (χ1n) is 5.87. The number of hydrogen-bond acceptors (Lipinski definition) is 3. The molecule has 98 valence electrons. The monoisotopic (exact) mass is 254 g/mol. The Labute approximate surface area is 104 Å². The predicted octanol–water partition coefficient (Wildman–Crippen LogP) is 1.97. The summed E-state index contributed by atoms with van der Waals surface area (Å²) in [7, 11) is 0. The largest absolute Gasteiger partial charge is 0.481 e. The van der Waals surface area contributed by atoms with Crippen LogP contribution < -0.4 is 0 Å². The second kappa shape index (κ2) is 5.93. The van der Waals surface area contributed by atoms with E-state index in [0.29, 0.717) is 19.4 Å². The first-order valence-corrected chi connectivity index (χ1v) is 5.87. The van der Waals surface area contributed by atoms with Gasteiger partial charge in [0.25, 0.3) is 0 Å². The summed E-state index contributed by atoms with van der Waals surface area (Å²) in [6.07, 6.45) is 0.391. The van der Waals surface area contributed by atoms with E-state index in [9.17, 15) is 9.18 Å². The Bertz CT molecular complexity index is 421. The molecule has 0 radical (unpaired) electrons. The molecule has 2 rings (SSSR count). The Kier molecular flexibility index (Phi) is 4.28. The second-order valence-corrected chi connectivity index (χ2v) is 4.29. The van der Waals surface area contributed by atoms with Crippen molar-refractivity contribution in [1.29, 1.82) is 0 Å². The molecule has 0 saturated carbocycles. The highest BCUT2D eigenvalue weighted by Gasteiger charge is 2.26. The summed E-state index contributed by atoms with van der Waals surface area (Å²) in [5, 5.41) is 8.57. The van der Waals surface area contributed by atoms with Crippen molar-refractivity contribution in [1.82, 2.24) is 0 Å². The van der Waals surface area contributed by atoms with Crippen molar-refractivity contribution < 1.29 is 23.8 Å². The van der Waals surface area contributed by atoms with Gasteiger partial charge in [-0.1, -0.05) is 12.1 Å². The quantitative estimate of drug-likeness (QED) is 0.872. The van der Waals surface area contributed by atoms with Crippen LogP contribution in [0.5, 0.6) is 0 Å². The number of carboxylic acid groups (broad SMARTS) is 1. The molecule has 0 amide bonds. The van der Waals surface area contributed by atoms with Gasteiger partial charge in [-0.3, -0.25) is 4.79 Å². The molecule has 0 aliphatic carbocycles. The minimum absolute atomic E-state index is 0.0702. The van der Waals surface area contributed by atoms with E-state index >= 15 is 0 Å². The lowest BCUT2D eigenvalue weighted by Gasteiger charge is -2.11. The number of rotatable bonds is 5. The number of carboxylic acids is 1. The smallest absolute Gasteiger partial charge is 0.303 e. The van der Waals surface area contributed by atoms with E-state index in [1.54, 1.807) is 12.1 Å². The molecule has 1 aromatic rings. The molecule has 18 heavy (non-hydrogen) atoms. The van der Waals surface area contributed by atoms with Crippen LogP contribution >= 0.6 is 0 Å². The van der Waals surface area contributed by atoms with Crippen LogP contribution in [0.25, 0.3) is 0 Å². The van der Waals surface area contributed by atoms with E-state index in [-0.39, 0.29) is 18.3 Å². The van der Waals surface area contributed by atoms with E-state index < -0.39 is 12.3 Å². The number of benzene rings is 1. The van der Waals surface area contributed by atoms with Crippen LogP contribution in [0.2, 0.25) is 0 Å². The third-order valence-corrected chi connectivity index (χ3v) is 2.78. The van der Waals surface area contributed by atoms with E-state index in [0.717, 1.165) is 5.56 Å². The van der Waals surface area contributed by atoms with Gasteiger partial charge in [0.15, 0.2) is 6.29 Å². The summed E-state index contributed by atoms with van der Waals surface area (Å²) in [4.78, 5) is 10.4. The van der Waals surface area contributed by atoms with Crippen LogP contribution in [0.4, 0.5) is 4.39 Å². The molecule has 1 heterocycles. The minimum Gasteiger partial charge on any atom is -0.481 e. The SMILES string of the molecule is O=C(O)CCC1COC(Cc2cccc(F)c2)O1. The van der Waals surface area contributed by atoms with Crippen molar-refractivity contribution >= 4 is 5.97 Å². The topological polar surface area (TPSA) is 55.8 Å². The highest BCUT2D eigenvalue weighted by molar-refractivity contribution is 5.66. The molecule has 1 N–H and O–H groups in total. The molecule has 5 heteroatoms. The Hall–Kier alpha value is -1.46. The number of hydrogen-bond donors (Lipinski definition) is 1. The molecule has 1 saturated heterocycles. The standard InChI is InChI=1S/C13H15FO4/c14-10-3-1-2-9(6-10)7-13-17-8-11(18-13)4-5-12(15)16/h1-3,6,11,13H,4-5,7-8H2,(H,15,16). The fourth-order valence-corrected chi connectivity index (χ4v) is 1.91. The lowest BCUT2D eigenvalue weighted by molar-refractivity contribution is -0.137. The predicted molar refractivity (Wildman–Crippen MR) is 61.6 cm³/mol. The normalized spacial score (nSPS) is 23.2. The third kappa shape index (κ3) is 3.78. The molecule has 1 aromatic carbocycles. The van der Waals surface area contributed by atoms with Gasteiger partial charge in [-0.2, -0.15) is 0 Å². The van der Waals surface area contributed by atoms with Gasteiger partial charge in [-0.25, -0.2) is 4.39 Å². The van der Waals surface area contributed by atoms with Gasteiger partial charge in [-0.15, -0.1) is 0 Å². The van der Waals surface area contributed by atoms with Gasteiger partial charge in [0.2, 0.25) is 0 Å². The van der Waals surface area contributed by atoms with Gasteiger partial charge in [0.05, 0.1) is 12.7 Å². The van der Waals surface area contributed by atoms with Crippen LogP contribution in [0.1, 0.15) is 18.4 Å². The van der Waals surface area contributed by atoms with E-state index in [1.807, 2.05) is 0 Å². The van der Waals surface area contributed by atoms with Gasteiger partial charge in [0.1, 0.15) is 5.82 Å². The molecule has 4 nitrogen and oxygen atoms in total. The molecule has 1 fully saturated rings. The molecule has 2 atom stereocenters. The highest BCUT2D eigenvalue weighted by atomic mass is 19.1. The van der Waals surface area contributed by atoms with Crippen LogP contribution in [0.15, 0.2) is 24.3 Å². The van der Waals surface area contributed by atoms with Gasteiger partial charge in [0, 0.05) is 12.8 Å². The van der Waals surface area contributed by atoms with Crippen molar-refractivity contribution in [2.45, 2.75) is 31.7 Å². The maximum absolute atomic E-state index is 13.0. The second-order valence-electron chi connectivity index (χ2n) is 4.29. The Morgan fingerprint density at radius 1 is 1.50 bits per heavy atom. The molecule has 2 unspecified atom stereocenters. The summed E-state index contributed by atoms with van der Waals surface area (Å²) >= 11 is 0. The maximum atomic E-state index is 13.0. The van der Waals surface area contributed by atoms with Crippen molar-refractivity contribution in [2.24, 2.45) is 0 Å². The molecule has 0 bridgehead atoms. The average molecular weight is 254 g/mol.